The molecule has 9 atom stereocenters. The first kappa shape index (κ1) is 54.3. The van der Waals surface area contributed by atoms with Crippen LogP contribution in [0.2, 0.25) is 0 Å². The molecule has 67 heavy (non-hydrogen) atoms. The number of carbonyl (C=O) groups is 11. The number of rotatable bonds is 16. The van der Waals surface area contributed by atoms with Crippen molar-refractivity contribution >= 4 is 64.8 Å². The molecule has 2 aromatic rings. The van der Waals surface area contributed by atoms with Crippen molar-refractivity contribution in [2.24, 2.45) is 17.6 Å². The zero-order valence-electron chi connectivity index (χ0n) is 38.6. The number of amides is 8. The molecule has 3 rings (SSSR count). The highest BCUT2D eigenvalue weighted by Crippen LogP contribution is 2.13. The van der Waals surface area contributed by atoms with Crippen LogP contribution >= 0.6 is 0 Å². The van der Waals surface area contributed by atoms with Crippen molar-refractivity contribution in [1.29, 1.82) is 0 Å². The van der Waals surface area contributed by atoms with Gasteiger partial charge in [0.15, 0.2) is 0 Å². The number of esters is 1. The number of nitrogens with two attached hydrogens (primary N) is 1. The van der Waals surface area contributed by atoms with Crippen LogP contribution in [0, 0.1) is 11.8 Å². The maximum Gasteiger partial charge on any atom is 0.328 e. The molecule has 1 fully saturated rings. The Hall–Kier alpha value is -7.03. The second kappa shape index (κ2) is 25.6. The van der Waals surface area contributed by atoms with Gasteiger partial charge in [-0.05, 0) is 56.6 Å². The van der Waals surface area contributed by atoms with Crippen molar-refractivity contribution in [2.45, 2.75) is 135 Å². The fourth-order valence-electron chi connectivity index (χ4n) is 6.95. The molecule has 10 N–H and O–H groups in total. The van der Waals surface area contributed by atoms with Gasteiger partial charge in [0.1, 0.15) is 42.4 Å². The zero-order valence-corrected chi connectivity index (χ0v) is 38.6. The summed E-state index contributed by atoms with van der Waals surface area (Å²) in [7, 11) is 0. The van der Waals surface area contributed by atoms with Crippen LogP contribution in [0.3, 0.4) is 0 Å². The van der Waals surface area contributed by atoms with E-state index in [-0.39, 0.29) is 31.6 Å². The topological polar surface area (TPSA) is 327 Å². The van der Waals surface area contributed by atoms with Gasteiger partial charge < -0.3 is 52.8 Å². The van der Waals surface area contributed by atoms with Crippen molar-refractivity contribution in [3.63, 3.8) is 0 Å². The van der Waals surface area contributed by atoms with Gasteiger partial charge >= 0.3 is 5.97 Å². The minimum Gasteiger partial charge on any atom is -0.458 e. The van der Waals surface area contributed by atoms with Gasteiger partial charge in [-0.3, -0.25) is 47.9 Å². The predicted octanol–water partition coefficient (Wildman–Crippen LogP) is -1.68. The second-order valence-electron chi connectivity index (χ2n) is 17.3. The number of hydrogen-bond acceptors (Lipinski definition) is 13. The van der Waals surface area contributed by atoms with E-state index < -0.39 is 132 Å². The molecule has 0 spiro atoms. The highest BCUT2D eigenvalue weighted by molar-refractivity contribution is 6.64. The average Bonchev–Trinajstić information content (AvgIpc) is 3.25. The summed E-state index contributed by atoms with van der Waals surface area (Å²) >= 11 is 0. The lowest BCUT2D eigenvalue weighted by atomic mass is 9.96. The minimum absolute atomic E-state index is 0.0376. The molecule has 0 aromatic heterocycles. The number of nitrogens with one attached hydrogen (secondary N) is 7. The number of ether oxygens (including phenoxy) is 1. The van der Waals surface area contributed by atoms with E-state index in [1.54, 1.807) is 88.4 Å². The number of aliphatic hydroxyl groups excluding tert-OH is 1. The van der Waals surface area contributed by atoms with Crippen LogP contribution < -0.4 is 43.0 Å². The lowest BCUT2D eigenvalue weighted by Crippen LogP contribution is -2.63. The molecule has 0 unspecified atom stereocenters. The van der Waals surface area contributed by atoms with Crippen molar-refractivity contribution < 1.29 is 62.6 Å². The number of benzene rings is 2. The van der Waals surface area contributed by atoms with Crippen molar-refractivity contribution in [2.75, 3.05) is 0 Å². The first-order chi connectivity index (χ1) is 31.5. The lowest BCUT2D eigenvalue weighted by molar-refractivity contribution is -0.156. The summed E-state index contributed by atoms with van der Waals surface area (Å²) in [5.41, 5.74) is 6.64. The molecular weight excluding hydrogens is 873 g/mol. The molecule has 1 heterocycles. The van der Waals surface area contributed by atoms with Crippen LogP contribution in [0.1, 0.15) is 78.9 Å². The first-order valence-corrected chi connectivity index (χ1v) is 21.9. The maximum absolute atomic E-state index is 14.2. The monoisotopic (exact) mass is 934 g/mol. The normalized spacial score (nSPS) is 22.6. The molecule has 0 bridgehead atoms. The molecule has 21 heteroatoms. The van der Waals surface area contributed by atoms with Gasteiger partial charge in [0.05, 0.1) is 25.0 Å². The molecule has 21 nitrogen and oxygen atoms in total. The lowest BCUT2D eigenvalue weighted by Gasteiger charge is -2.31. The SMILES string of the molecule is CC(C)C[C@@H]1NC(=O)C(=O)C(=O)[C@H](CC(C)C)NC(=O)[C@@H](NC(=O)[C@@H](NC(=O)[C@H](Cc2ccccc2)NC(=O)Cc2ccccc2)[C@@H](C)O)[C@@H](C)OC(=O)[C@H](C)NC(=O)[C@H](CC(N)=O)NC1=O. The van der Waals surface area contributed by atoms with Gasteiger partial charge in [0.2, 0.25) is 47.1 Å². The molecule has 1 saturated heterocycles. The van der Waals surface area contributed by atoms with Gasteiger partial charge in [-0.2, -0.15) is 0 Å². The summed E-state index contributed by atoms with van der Waals surface area (Å²) in [6.45, 7) is 10.1. The summed E-state index contributed by atoms with van der Waals surface area (Å²) in [4.78, 5) is 148. The van der Waals surface area contributed by atoms with Gasteiger partial charge in [-0.15, -0.1) is 0 Å². The van der Waals surface area contributed by atoms with Crippen LogP contribution in [-0.2, 0) is 70.3 Å². The Balaban J connectivity index is 2.03. The molecule has 364 valence electrons. The highest BCUT2D eigenvalue weighted by Gasteiger charge is 2.40. The van der Waals surface area contributed by atoms with Crippen molar-refractivity contribution in [1.82, 2.24) is 37.2 Å². The molecule has 0 aliphatic carbocycles. The van der Waals surface area contributed by atoms with E-state index in [0.717, 1.165) is 13.8 Å². The third kappa shape index (κ3) is 17.4. The Kier molecular flexibility index (Phi) is 20.8. The summed E-state index contributed by atoms with van der Waals surface area (Å²) in [5, 5.41) is 27.5. The number of ketones is 2. The van der Waals surface area contributed by atoms with E-state index in [1.807, 2.05) is 0 Å². The number of primary amides is 1. The van der Waals surface area contributed by atoms with Crippen molar-refractivity contribution in [3.05, 3.63) is 71.8 Å². The van der Waals surface area contributed by atoms with Gasteiger partial charge in [-0.1, -0.05) is 88.4 Å². The Labute approximate surface area is 388 Å². The fourth-order valence-corrected chi connectivity index (χ4v) is 6.95. The van der Waals surface area contributed by atoms with Crippen LogP contribution in [0.5, 0.6) is 0 Å². The molecule has 1 aliphatic rings. The standard InChI is InChI=1S/C46H62N8O13/c1-23(2)18-30-38(58)39(59)45(65)52-31(19-24(3)4)41(61)51-33(22-34(47)56)40(60)48-25(5)46(66)67-27(7)37(44(64)50-30)54-43(63)36(26(6)55)53-42(62)32(20-28-14-10-8-11-15-28)49-35(57)21-29-16-12-9-13-17-29/h8-17,23-27,30-33,36-37,55H,18-22H2,1-7H3,(H2,47,56)(H,48,60)(H,49,57)(H,50,64)(H,51,61)(H,52,65)(H,53,62)(H,54,63)/t25-,26+,27+,30-,31-,32-,33-,36-,37-/m0/s1. The van der Waals surface area contributed by atoms with Crippen LogP contribution in [-0.4, -0.2) is 124 Å². The van der Waals surface area contributed by atoms with E-state index in [1.165, 1.54) is 6.92 Å². The first-order valence-electron chi connectivity index (χ1n) is 21.9. The van der Waals surface area contributed by atoms with E-state index in [9.17, 15) is 57.8 Å². The molecular formula is C46H62N8O13. The predicted molar refractivity (Wildman–Crippen MR) is 239 cm³/mol. The van der Waals surface area contributed by atoms with E-state index in [2.05, 4.69) is 37.2 Å². The number of cyclic esters (lactones) is 1. The molecule has 2 aromatic carbocycles. The number of carbonyl (C=O) groups excluding carboxylic acids is 11. The summed E-state index contributed by atoms with van der Waals surface area (Å²) in [6, 6.07) is 5.80. The summed E-state index contributed by atoms with van der Waals surface area (Å²) in [6.07, 6.45) is -4.56. The zero-order chi connectivity index (χ0) is 50.1. The van der Waals surface area contributed by atoms with E-state index in [0.29, 0.717) is 11.1 Å². The number of aliphatic hydroxyl groups is 1. The van der Waals surface area contributed by atoms with Gasteiger partial charge in [0, 0.05) is 6.42 Å². The molecule has 0 radical (unpaired) electrons. The quantitative estimate of drug-likeness (QED) is 0.0672. The molecule has 0 saturated carbocycles. The van der Waals surface area contributed by atoms with Gasteiger partial charge in [0.25, 0.3) is 11.7 Å². The third-order valence-corrected chi connectivity index (χ3v) is 10.4. The highest BCUT2D eigenvalue weighted by atomic mass is 16.5. The van der Waals surface area contributed by atoms with Crippen LogP contribution in [0.15, 0.2) is 60.7 Å². The smallest absolute Gasteiger partial charge is 0.328 e. The van der Waals surface area contributed by atoms with E-state index in [4.69, 9.17) is 10.5 Å². The molecule has 1 aliphatic heterocycles. The number of hydrogen-bond donors (Lipinski definition) is 9. The average molecular weight is 935 g/mol. The van der Waals surface area contributed by atoms with Gasteiger partial charge in [-0.25, -0.2) is 4.79 Å². The molecule has 8 amide bonds. The maximum atomic E-state index is 14.2. The number of Topliss-reactive ketones (excluding diaryl/α,β-unsaturated/α-hetero) is 2. The Morgan fingerprint density at radius 2 is 1.22 bits per heavy atom. The Morgan fingerprint density at radius 1 is 0.687 bits per heavy atom. The fraction of sp³-hybridized carbons (Fsp3) is 0.500. The Bertz CT molecular complexity index is 2130. The second-order valence-corrected chi connectivity index (χ2v) is 17.3. The van der Waals surface area contributed by atoms with Crippen LogP contribution in [0.4, 0.5) is 0 Å². The minimum atomic E-state index is -1.95. The van der Waals surface area contributed by atoms with Crippen LogP contribution in [0.25, 0.3) is 0 Å². The van der Waals surface area contributed by atoms with E-state index >= 15 is 0 Å². The Morgan fingerprint density at radius 3 is 1.78 bits per heavy atom. The summed E-state index contributed by atoms with van der Waals surface area (Å²) < 4.78 is 5.52. The summed E-state index contributed by atoms with van der Waals surface area (Å²) in [5.74, 6) is -13.5. The van der Waals surface area contributed by atoms with Crippen molar-refractivity contribution in [3.8, 4) is 0 Å². The third-order valence-electron chi connectivity index (χ3n) is 10.4. The largest absolute Gasteiger partial charge is 0.458 e.